The van der Waals surface area contributed by atoms with Crippen LogP contribution in [0.3, 0.4) is 0 Å². The Labute approximate surface area is 371 Å². The number of hydrogen-bond acceptors (Lipinski definition) is 3. The Balaban J connectivity index is 1.39. The first kappa shape index (κ1) is 44.9. The monoisotopic (exact) mass is 814 g/mol. The van der Waals surface area contributed by atoms with Gasteiger partial charge in [-0.25, -0.2) is 9.98 Å². The number of rotatable bonds is 20. The van der Waals surface area contributed by atoms with E-state index in [1.165, 1.54) is 55.8 Å². The standard InChI is InChI=1S/C58H62N4/c1-9-13-15-16-22-38-58(60-8,61-57(59-7)46-28-18-17-19-29-46)55-33-24-30-48-41-49-40-47(34-36-53(49)56(48)55)51-31-20-21-32-54(51)52-37-35-50(42-45(52)12-4)62(39-14-10-2)44(6)27-23-26-43(5)25-11-3/h9-11,13-24,26,28-37,40,42,44,60H,1,3,5,7,12,25,27,38-39,41H2,2,4,6,8H3/b14-10-,15-13-,22-16-,26-23-,61-57-. The van der Waals surface area contributed by atoms with Crippen LogP contribution in [0.1, 0.15) is 67.9 Å². The molecule has 0 heterocycles. The number of nitrogens with zero attached hydrogens (tertiary/aromatic N) is 3. The van der Waals surface area contributed by atoms with Gasteiger partial charge in [-0.3, -0.25) is 5.32 Å². The summed E-state index contributed by atoms with van der Waals surface area (Å²) in [6.45, 7) is 23.3. The molecule has 6 rings (SSSR count). The van der Waals surface area contributed by atoms with E-state index in [0.717, 1.165) is 48.9 Å². The predicted octanol–water partition coefficient (Wildman–Crippen LogP) is 14.2. The Morgan fingerprint density at radius 2 is 1.60 bits per heavy atom. The summed E-state index contributed by atoms with van der Waals surface area (Å²) in [5.41, 5.74) is 14.9. The Kier molecular flexibility index (Phi) is 15.8. The molecule has 5 aromatic rings. The van der Waals surface area contributed by atoms with E-state index in [0.29, 0.717) is 18.3 Å². The molecule has 4 nitrogen and oxygen atoms in total. The van der Waals surface area contributed by atoms with E-state index in [1.807, 2.05) is 55.6 Å². The van der Waals surface area contributed by atoms with Crippen LogP contribution in [0.4, 0.5) is 5.69 Å². The molecular formula is C58H62N4. The van der Waals surface area contributed by atoms with Crippen molar-refractivity contribution in [3.63, 3.8) is 0 Å². The summed E-state index contributed by atoms with van der Waals surface area (Å²) in [5, 5.41) is 3.65. The Bertz CT molecular complexity index is 2530. The molecule has 0 aliphatic heterocycles. The summed E-state index contributed by atoms with van der Waals surface area (Å²) in [6.07, 6.45) is 24.7. The zero-order chi connectivity index (χ0) is 43.9. The third-order valence-electron chi connectivity index (χ3n) is 11.8. The fraction of sp³-hybridized carbons (Fsp3) is 0.207. The minimum absolute atomic E-state index is 0.309. The molecule has 0 radical (unpaired) electrons. The predicted molar refractivity (Wildman–Crippen MR) is 271 cm³/mol. The molecule has 4 heteroatoms. The van der Waals surface area contributed by atoms with Crippen LogP contribution in [0, 0.1) is 0 Å². The minimum atomic E-state index is -0.816. The minimum Gasteiger partial charge on any atom is -0.365 e. The number of benzene rings is 5. The van der Waals surface area contributed by atoms with Crippen LogP contribution in [-0.4, -0.2) is 32.2 Å². The van der Waals surface area contributed by atoms with Gasteiger partial charge in [0.2, 0.25) is 0 Å². The normalized spacial score (nSPS) is 14.0. The van der Waals surface area contributed by atoms with Gasteiger partial charge in [0, 0.05) is 35.8 Å². The van der Waals surface area contributed by atoms with Gasteiger partial charge in [-0.15, -0.1) is 6.58 Å². The van der Waals surface area contributed by atoms with Crippen molar-refractivity contribution >= 4 is 18.2 Å². The third kappa shape index (κ3) is 10.3. The number of amidine groups is 1. The van der Waals surface area contributed by atoms with Crippen molar-refractivity contribution in [2.24, 2.45) is 9.98 Å². The van der Waals surface area contributed by atoms with E-state index >= 15 is 0 Å². The van der Waals surface area contributed by atoms with Crippen LogP contribution in [0.25, 0.3) is 33.4 Å². The molecule has 1 aliphatic carbocycles. The van der Waals surface area contributed by atoms with Gasteiger partial charge in [0.25, 0.3) is 0 Å². The fourth-order valence-corrected chi connectivity index (χ4v) is 8.55. The first-order valence-corrected chi connectivity index (χ1v) is 21.9. The highest BCUT2D eigenvalue weighted by atomic mass is 15.2. The van der Waals surface area contributed by atoms with Crippen LogP contribution in [0.5, 0.6) is 0 Å². The Morgan fingerprint density at radius 3 is 2.32 bits per heavy atom. The number of aryl methyl sites for hydroxylation is 1. The van der Waals surface area contributed by atoms with E-state index in [-0.39, 0.29) is 0 Å². The molecule has 0 aromatic heterocycles. The lowest BCUT2D eigenvalue weighted by Crippen LogP contribution is -2.39. The SMILES string of the molecule is C=C/C=C\C=C/CC(/N=C(\N=C)c1ccccc1)(NC)c1cccc2c1-c1ccc(-c3ccccc3-c3ccc(N(C/C=C\C)C(C)C/C=C\C(=C)CC=C)cc3CC)cc1C2. The molecule has 1 N–H and O–H groups in total. The average Bonchev–Trinajstić information content (AvgIpc) is 3.69. The molecule has 5 aromatic carbocycles. The maximum absolute atomic E-state index is 5.41. The van der Waals surface area contributed by atoms with Crippen molar-refractivity contribution in [2.75, 3.05) is 18.5 Å². The van der Waals surface area contributed by atoms with Gasteiger partial charge in [-0.2, -0.15) is 0 Å². The van der Waals surface area contributed by atoms with E-state index in [1.54, 1.807) is 6.08 Å². The van der Waals surface area contributed by atoms with E-state index < -0.39 is 5.66 Å². The van der Waals surface area contributed by atoms with E-state index in [2.05, 4.69) is 178 Å². The molecule has 314 valence electrons. The molecule has 1 aliphatic rings. The number of allylic oxidation sites excluding steroid dienone is 8. The topological polar surface area (TPSA) is 40.0 Å². The quantitative estimate of drug-likeness (QED) is 0.0361. The average molecular weight is 815 g/mol. The lowest BCUT2D eigenvalue weighted by atomic mass is 9.87. The highest BCUT2D eigenvalue weighted by Gasteiger charge is 2.35. The number of anilines is 1. The first-order chi connectivity index (χ1) is 30.3. The van der Waals surface area contributed by atoms with Gasteiger partial charge < -0.3 is 4.90 Å². The number of aliphatic imine (C=N–C) groups is 2. The first-order valence-electron chi connectivity index (χ1n) is 21.9. The zero-order valence-electron chi connectivity index (χ0n) is 37.2. The largest absolute Gasteiger partial charge is 0.365 e. The van der Waals surface area contributed by atoms with Crippen molar-refractivity contribution in [2.45, 2.75) is 64.6 Å². The fourth-order valence-electron chi connectivity index (χ4n) is 8.55. The maximum Gasteiger partial charge on any atom is 0.156 e. The van der Waals surface area contributed by atoms with Crippen molar-refractivity contribution in [3.8, 4) is 33.4 Å². The van der Waals surface area contributed by atoms with E-state index in [4.69, 9.17) is 4.99 Å². The molecule has 0 saturated heterocycles. The number of hydrogen-bond donors (Lipinski definition) is 1. The van der Waals surface area contributed by atoms with Gasteiger partial charge in [0.05, 0.1) is 0 Å². The molecule has 2 atom stereocenters. The van der Waals surface area contributed by atoms with Crippen LogP contribution in [0.15, 0.2) is 205 Å². The van der Waals surface area contributed by atoms with Gasteiger partial charge in [-0.05, 0) is 115 Å². The molecular weight excluding hydrogens is 753 g/mol. The van der Waals surface area contributed by atoms with Crippen molar-refractivity contribution in [1.82, 2.24) is 5.32 Å². The second-order valence-electron chi connectivity index (χ2n) is 15.8. The van der Waals surface area contributed by atoms with Crippen molar-refractivity contribution in [1.29, 1.82) is 0 Å². The molecule has 0 fully saturated rings. The Hall–Kier alpha value is -6.62. The summed E-state index contributed by atoms with van der Waals surface area (Å²) < 4.78 is 0. The molecule has 0 spiro atoms. The number of fused-ring (bicyclic) bond motifs is 3. The van der Waals surface area contributed by atoms with Crippen LogP contribution < -0.4 is 10.2 Å². The molecule has 0 amide bonds. The molecule has 62 heavy (non-hydrogen) atoms. The second-order valence-corrected chi connectivity index (χ2v) is 15.8. The van der Waals surface area contributed by atoms with Gasteiger partial charge in [-0.1, -0.05) is 183 Å². The molecule has 0 bridgehead atoms. The summed E-state index contributed by atoms with van der Waals surface area (Å²) in [4.78, 5) is 12.4. The summed E-state index contributed by atoms with van der Waals surface area (Å²) in [5.74, 6) is 0.593. The summed E-state index contributed by atoms with van der Waals surface area (Å²) in [7, 11) is 1.98. The van der Waals surface area contributed by atoms with Crippen molar-refractivity contribution in [3.05, 3.63) is 223 Å². The molecule has 2 unspecified atom stereocenters. The van der Waals surface area contributed by atoms with Crippen molar-refractivity contribution < 1.29 is 0 Å². The third-order valence-corrected chi connectivity index (χ3v) is 11.8. The maximum atomic E-state index is 5.41. The number of nitrogens with one attached hydrogen (secondary N) is 1. The zero-order valence-corrected chi connectivity index (χ0v) is 37.2. The molecule has 0 saturated carbocycles. The summed E-state index contributed by atoms with van der Waals surface area (Å²) in [6, 6.07) is 40.0. The van der Waals surface area contributed by atoms with Crippen LogP contribution >= 0.6 is 0 Å². The lowest BCUT2D eigenvalue weighted by molar-refractivity contribution is 0.384. The van der Waals surface area contributed by atoms with E-state index in [9.17, 15) is 0 Å². The highest BCUT2D eigenvalue weighted by molar-refractivity contribution is 6.02. The van der Waals surface area contributed by atoms with Crippen LogP contribution in [-0.2, 0) is 18.5 Å². The van der Waals surface area contributed by atoms with Gasteiger partial charge in [0.15, 0.2) is 5.84 Å². The second kappa shape index (κ2) is 21.8. The lowest BCUT2D eigenvalue weighted by Gasteiger charge is -2.32. The smallest absolute Gasteiger partial charge is 0.156 e. The van der Waals surface area contributed by atoms with Gasteiger partial charge >= 0.3 is 0 Å². The summed E-state index contributed by atoms with van der Waals surface area (Å²) >= 11 is 0. The van der Waals surface area contributed by atoms with Crippen LogP contribution in [0.2, 0.25) is 0 Å². The Morgan fingerprint density at radius 1 is 0.823 bits per heavy atom. The van der Waals surface area contributed by atoms with Gasteiger partial charge in [0.1, 0.15) is 5.66 Å². The highest BCUT2D eigenvalue weighted by Crippen LogP contribution is 2.46.